The SMILES string of the molecule is CC(C)(NS)c1cccc2ccccc12. The first kappa shape index (κ1) is 10.5. The van der Waals surface area contributed by atoms with Crippen molar-refractivity contribution in [1.82, 2.24) is 4.72 Å². The molecule has 0 heterocycles. The summed E-state index contributed by atoms with van der Waals surface area (Å²) in [5, 5.41) is 2.55. The van der Waals surface area contributed by atoms with Gasteiger partial charge in [-0.2, -0.15) is 0 Å². The van der Waals surface area contributed by atoms with Crippen molar-refractivity contribution in [2.75, 3.05) is 0 Å². The first-order valence-corrected chi connectivity index (χ1v) is 5.49. The molecule has 0 aromatic heterocycles. The van der Waals surface area contributed by atoms with Crippen LogP contribution in [0.15, 0.2) is 42.5 Å². The molecule has 0 aliphatic carbocycles. The molecule has 0 fully saturated rings. The maximum atomic E-state index is 4.19. The predicted molar refractivity (Wildman–Crippen MR) is 69.1 cm³/mol. The maximum absolute atomic E-state index is 4.19. The van der Waals surface area contributed by atoms with E-state index in [0.717, 1.165) is 0 Å². The molecule has 2 aromatic rings. The van der Waals surface area contributed by atoms with E-state index in [-0.39, 0.29) is 5.54 Å². The normalized spacial score (nSPS) is 11.9. The summed E-state index contributed by atoms with van der Waals surface area (Å²) in [7, 11) is 0. The van der Waals surface area contributed by atoms with Crippen LogP contribution in [-0.2, 0) is 5.54 Å². The van der Waals surface area contributed by atoms with Crippen molar-refractivity contribution in [3.8, 4) is 0 Å². The molecule has 2 rings (SSSR count). The number of rotatable bonds is 2. The molecule has 0 bridgehead atoms. The second-order valence-electron chi connectivity index (χ2n) is 4.26. The van der Waals surface area contributed by atoms with Crippen LogP contribution in [0.25, 0.3) is 10.8 Å². The topological polar surface area (TPSA) is 12.0 Å². The zero-order valence-electron chi connectivity index (χ0n) is 8.99. The van der Waals surface area contributed by atoms with E-state index in [0.29, 0.717) is 0 Å². The van der Waals surface area contributed by atoms with Crippen LogP contribution in [0.3, 0.4) is 0 Å². The molecule has 15 heavy (non-hydrogen) atoms. The van der Waals surface area contributed by atoms with Crippen LogP contribution < -0.4 is 4.72 Å². The fourth-order valence-corrected chi connectivity index (χ4v) is 1.95. The lowest BCUT2D eigenvalue weighted by molar-refractivity contribution is 0.517. The molecule has 0 saturated heterocycles. The van der Waals surface area contributed by atoms with Crippen LogP contribution in [0.2, 0.25) is 0 Å². The Bertz CT molecular complexity index is 471. The van der Waals surface area contributed by atoms with Crippen molar-refractivity contribution in [3.63, 3.8) is 0 Å². The van der Waals surface area contributed by atoms with Gasteiger partial charge in [0.25, 0.3) is 0 Å². The maximum Gasteiger partial charge on any atom is 0.0478 e. The Morgan fingerprint density at radius 2 is 1.67 bits per heavy atom. The summed E-state index contributed by atoms with van der Waals surface area (Å²) in [6.45, 7) is 4.25. The highest BCUT2D eigenvalue weighted by Gasteiger charge is 2.20. The summed E-state index contributed by atoms with van der Waals surface area (Å²) in [6, 6.07) is 14.8. The highest BCUT2D eigenvalue weighted by Crippen LogP contribution is 2.28. The summed E-state index contributed by atoms with van der Waals surface area (Å²) in [5.41, 5.74) is 1.15. The molecular formula is C13H15NS. The van der Waals surface area contributed by atoms with Gasteiger partial charge < -0.3 is 0 Å². The monoisotopic (exact) mass is 217 g/mol. The van der Waals surface area contributed by atoms with Crippen molar-refractivity contribution >= 4 is 23.6 Å². The highest BCUT2D eigenvalue weighted by molar-refractivity contribution is 7.78. The quantitative estimate of drug-likeness (QED) is 0.734. The van der Waals surface area contributed by atoms with Gasteiger partial charge in [-0.25, -0.2) is 0 Å². The Morgan fingerprint density at radius 1 is 1.00 bits per heavy atom. The van der Waals surface area contributed by atoms with E-state index in [1.54, 1.807) is 0 Å². The van der Waals surface area contributed by atoms with Crippen LogP contribution in [0.1, 0.15) is 19.4 Å². The molecule has 0 saturated carbocycles. The van der Waals surface area contributed by atoms with Gasteiger partial charge in [-0.3, -0.25) is 4.72 Å². The van der Waals surface area contributed by atoms with E-state index in [9.17, 15) is 0 Å². The van der Waals surface area contributed by atoms with Gasteiger partial charge in [0.05, 0.1) is 0 Å². The molecule has 0 atom stereocenters. The van der Waals surface area contributed by atoms with Crippen LogP contribution in [0.4, 0.5) is 0 Å². The highest BCUT2D eigenvalue weighted by atomic mass is 32.1. The average molecular weight is 217 g/mol. The third-order valence-corrected chi connectivity index (χ3v) is 3.30. The van der Waals surface area contributed by atoms with Crippen LogP contribution >= 0.6 is 12.8 Å². The minimum Gasteiger partial charge on any atom is -0.257 e. The summed E-state index contributed by atoms with van der Waals surface area (Å²) < 4.78 is 3.04. The first-order chi connectivity index (χ1) is 7.15. The van der Waals surface area contributed by atoms with E-state index in [1.807, 2.05) is 0 Å². The minimum absolute atomic E-state index is 0.121. The van der Waals surface area contributed by atoms with Gasteiger partial charge >= 0.3 is 0 Å². The summed E-state index contributed by atoms with van der Waals surface area (Å²) in [4.78, 5) is 0. The molecule has 0 radical (unpaired) electrons. The van der Waals surface area contributed by atoms with Gasteiger partial charge in [0.1, 0.15) is 0 Å². The number of nitrogens with one attached hydrogen (secondary N) is 1. The number of benzene rings is 2. The van der Waals surface area contributed by atoms with Crippen LogP contribution in [-0.4, -0.2) is 0 Å². The lowest BCUT2D eigenvalue weighted by atomic mass is 9.90. The standard InChI is InChI=1S/C13H15NS/c1-13(2,14-15)12-9-5-7-10-6-3-4-8-11(10)12/h3-9,14-15H,1-2H3. The smallest absolute Gasteiger partial charge is 0.0478 e. The molecule has 1 nitrogen and oxygen atoms in total. The fraction of sp³-hybridized carbons (Fsp3) is 0.231. The molecule has 0 aliphatic heterocycles. The van der Waals surface area contributed by atoms with Crippen molar-refractivity contribution in [2.45, 2.75) is 19.4 Å². The van der Waals surface area contributed by atoms with Crippen molar-refractivity contribution in [2.24, 2.45) is 0 Å². The van der Waals surface area contributed by atoms with E-state index < -0.39 is 0 Å². The van der Waals surface area contributed by atoms with Gasteiger partial charge in [0, 0.05) is 5.54 Å². The number of thiol groups is 1. The van der Waals surface area contributed by atoms with E-state index >= 15 is 0 Å². The Labute approximate surface area is 96.0 Å². The van der Waals surface area contributed by atoms with Gasteiger partial charge in [-0.15, -0.1) is 0 Å². The number of hydrogen-bond acceptors (Lipinski definition) is 2. The number of fused-ring (bicyclic) bond motifs is 1. The third-order valence-electron chi connectivity index (χ3n) is 2.74. The molecule has 0 spiro atoms. The Hall–Kier alpha value is -0.990. The van der Waals surface area contributed by atoms with Gasteiger partial charge in [0.15, 0.2) is 0 Å². The van der Waals surface area contributed by atoms with Crippen LogP contribution in [0, 0.1) is 0 Å². The Balaban J connectivity index is 2.71. The molecule has 2 heteroatoms. The molecule has 0 aliphatic rings. The average Bonchev–Trinajstić information content (AvgIpc) is 2.28. The molecular weight excluding hydrogens is 202 g/mol. The van der Waals surface area contributed by atoms with E-state index in [1.165, 1.54) is 16.3 Å². The summed E-state index contributed by atoms with van der Waals surface area (Å²) >= 11 is 4.19. The minimum atomic E-state index is -0.121. The molecule has 2 aromatic carbocycles. The predicted octanol–water partition coefficient (Wildman–Crippen LogP) is 3.51. The fourth-order valence-electron chi connectivity index (χ4n) is 1.83. The van der Waals surface area contributed by atoms with Crippen LogP contribution in [0.5, 0.6) is 0 Å². The largest absolute Gasteiger partial charge is 0.257 e. The summed E-state index contributed by atoms with van der Waals surface area (Å²) in [5.74, 6) is 0. The lowest BCUT2D eigenvalue weighted by Gasteiger charge is -2.25. The van der Waals surface area contributed by atoms with Crippen molar-refractivity contribution < 1.29 is 0 Å². The zero-order valence-corrected chi connectivity index (χ0v) is 9.88. The van der Waals surface area contributed by atoms with Gasteiger partial charge in [0.2, 0.25) is 0 Å². The Kier molecular flexibility index (Phi) is 2.72. The number of hydrogen-bond donors (Lipinski definition) is 2. The summed E-state index contributed by atoms with van der Waals surface area (Å²) in [6.07, 6.45) is 0. The van der Waals surface area contributed by atoms with E-state index in [4.69, 9.17) is 0 Å². The van der Waals surface area contributed by atoms with Crippen molar-refractivity contribution in [1.29, 1.82) is 0 Å². The van der Waals surface area contributed by atoms with Gasteiger partial charge in [-0.05, 0) is 30.2 Å². The first-order valence-electron chi connectivity index (χ1n) is 5.04. The molecule has 1 N–H and O–H groups in total. The zero-order chi connectivity index (χ0) is 10.9. The second-order valence-corrected chi connectivity index (χ2v) is 4.49. The molecule has 0 amide bonds. The van der Waals surface area contributed by atoms with E-state index in [2.05, 4.69) is 73.8 Å². The third kappa shape index (κ3) is 1.87. The molecule has 78 valence electrons. The van der Waals surface area contributed by atoms with Crippen molar-refractivity contribution in [3.05, 3.63) is 48.0 Å². The lowest BCUT2D eigenvalue weighted by Crippen LogP contribution is -2.29. The Morgan fingerprint density at radius 3 is 2.40 bits per heavy atom. The second kappa shape index (κ2) is 3.87. The molecule has 0 unspecified atom stereocenters. The van der Waals surface area contributed by atoms with Gasteiger partial charge in [-0.1, -0.05) is 55.3 Å².